The van der Waals surface area contributed by atoms with Gasteiger partial charge in [-0.25, -0.2) is 9.59 Å². The summed E-state index contributed by atoms with van der Waals surface area (Å²) >= 11 is 5.76. The number of hydrogen-bond donors (Lipinski definition) is 3. The first kappa shape index (κ1) is 23.3. The van der Waals surface area contributed by atoms with Crippen LogP contribution in [-0.4, -0.2) is 37.0 Å². The number of anilines is 2. The smallest absolute Gasteiger partial charge is 0.432 e. The summed E-state index contributed by atoms with van der Waals surface area (Å²) in [6, 6.07) is 8.19. The van der Waals surface area contributed by atoms with Gasteiger partial charge in [-0.15, -0.1) is 0 Å². The van der Waals surface area contributed by atoms with E-state index >= 15 is 0 Å². The summed E-state index contributed by atoms with van der Waals surface area (Å²) in [5, 5.41) is 15.5. The third kappa shape index (κ3) is 4.95. The molecule has 0 spiro atoms. The van der Waals surface area contributed by atoms with Crippen molar-refractivity contribution < 1.29 is 37.3 Å². The van der Waals surface area contributed by atoms with Crippen LogP contribution in [-0.2, 0) is 15.1 Å². The predicted octanol–water partition coefficient (Wildman–Crippen LogP) is 4.31. The summed E-state index contributed by atoms with van der Waals surface area (Å²) in [4.78, 5) is 24.0. The molecule has 0 aliphatic carbocycles. The van der Waals surface area contributed by atoms with Gasteiger partial charge in [0.15, 0.2) is 0 Å². The molecule has 0 fully saturated rings. The number of hydrogen-bond acceptors (Lipinski definition) is 5. The fourth-order valence-corrected chi connectivity index (χ4v) is 2.60. The van der Waals surface area contributed by atoms with E-state index in [0.29, 0.717) is 10.7 Å². The lowest BCUT2D eigenvalue weighted by Gasteiger charge is -2.29. The van der Waals surface area contributed by atoms with Crippen LogP contribution in [0.4, 0.5) is 29.3 Å². The van der Waals surface area contributed by atoms with Gasteiger partial charge in [0.2, 0.25) is 0 Å². The zero-order valence-electron chi connectivity index (χ0n) is 15.8. The van der Waals surface area contributed by atoms with Crippen molar-refractivity contribution in [2.24, 2.45) is 0 Å². The van der Waals surface area contributed by atoms with Gasteiger partial charge in [-0.2, -0.15) is 13.2 Å². The normalized spacial score (nSPS) is 13.2. The van der Waals surface area contributed by atoms with Crippen molar-refractivity contribution in [1.82, 2.24) is 0 Å². The number of halogens is 4. The second kappa shape index (κ2) is 9.23. The molecule has 2 aromatic carbocycles. The second-order valence-electron chi connectivity index (χ2n) is 5.93. The highest BCUT2D eigenvalue weighted by Crippen LogP contribution is 2.42. The Morgan fingerprint density at radius 1 is 1.10 bits per heavy atom. The van der Waals surface area contributed by atoms with E-state index in [-0.39, 0.29) is 18.0 Å². The number of methoxy groups -OCH3 is 1. The van der Waals surface area contributed by atoms with Crippen LogP contribution >= 0.6 is 11.6 Å². The predicted molar refractivity (Wildman–Crippen MR) is 104 cm³/mol. The Hall–Kier alpha value is -2.98. The van der Waals surface area contributed by atoms with Gasteiger partial charge in [0.05, 0.1) is 19.4 Å². The molecule has 2 rings (SSSR count). The van der Waals surface area contributed by atoms with Crippen molar-refractivity contribution in [1.29, 1.82) is 0 Å². The maximum Gasteiger partial charge on any atom is 0.432 e. The first-order valence-corrected chi connectivity index (χ1v) is 8.89. The number of carbonyl (C=O) groups excluding carboxylic acids is 2. The number of ether oxygens (including phenoxy) is 2. The Morgan fingerprint density at radius 2 is 1.73 bits per heavy atom. The van der Waals surface area contributed by atoms with Gasteiger partial charge in [0.1, 0.15) is 5.75 Å². The first-order valence-electron chi connectivity index (χ1n) is 8.51. The molecule has 1 atom stereocenters. The average molecular weight is 447 g/mol. The molecule has 0 saturated heterocycles. The van der Waals surface area contributed by atoms with Crippen LogP contribution in [0.5, 0.6) is 5.75 Å². The van der Waals surface area contributed by atoms with Crippen molar-refractivity contribution in [3.63, 3.8) is 0 Å². The van der Waals surface area contributed by atoms with Crippen LogP contribution < -0.4 is 15.4 Å². The molecular weight excluding hydrogens is 429 g/mol. The number of carbonyl (C=O) groups is 2. The number of esters is 1. The summed E-state index contributed by atoms with van der Waals surface area (Å²) in [5.41, 5.74) is -4.31. The molecule has 0 aromatic heterocycles. The summed E-state index contributed by atoms with van der Waals surface area (Å²) in [5.74, 6) is -2.09. The van der Waals surface area contributed by atoms with E-state index in [0.717, 1.165) is 25.3 Å². The Bertz CT molecular complexity index is 921. The summed E-state index contributed by atoms with van der Waals surface area (Å²) in [7, 11) is 1.15. The SMILES string of the molecule is CCOC(=O)[C@@](O)(c1ccc(NC(=O)Nc2ccc(Cl)cc2)c(OC)c1)C(F)(F)F. The molecule has 11 heteroatoms. The highest BCUT2D eigenvalue weighted by molar-refractivity contribution is 6.30. The van der Waals surface area contributed by atoms with Crippen molar-refractivity contribution in [3.8, 4) is 5.75 Å². The highest BCUT2D eigenvalue weighted by Gasteiger charge is 2.62. The van der Waals surface area contributed by atoms with Crippen molar-refractivity contribution in [2.75, 3.05) is 24.4 Å². The zero-order valence-corrected chi connectivity index (χ0v) is 16.6. The number of nitrogens with one attached hydrogen (secondary N) is 2. The van der Waals surface area contributed by atoms with E-state index in [9.17, 15) is 27.9 Å². The fraction of sp³-hybridized carbons (Fsp3) is 0.263. The number of benzene rings is 2. The quantitative estimate of drug-likeness (QED) is 0.575. The van der Waals surface area contributed by atoms with Gasteiger partial charge in [-0.3, -0.25) is 0 Å². The molecule has 0 saturated carbocycles. The monoisotopic (exact) mass is 446 g/mol. The zero-order chi connectivity index (χ0) is 22.5. The molecule has 0 aliphatic rings. The lowest BCUT2D eigenvalue weighted by Crippen LogP contribution is -2.50. The second-order valence-corrected chi connectivity index (χ2v) is 6.37. The lowest BCUT2D eigenvalue weighted by atomic mass is 9.92. The maximum absolute atomic E-state index is 13.5. The summed E-state index contributed by atoms with van der Waals surface area (Å²) in [6.07, 6.45) is -5.36. The largest absolute Gasteiger partial charge is 0.495 e. The van der Waals surface area contributed by atoms with Crippen molar-refractivity contribution >= 4 is 35.0 Å². The maximum atomic E-state index is 13.5. The molecule has 30 heavy (non-hydrogen) atoms. The van der Waals surface area contributed by atoms with Crippen molar-refractivity contribution in [2.45, 2.75) is 18.7 Å². The molecule has 2 amide bonds. The molecule has 3 N–H and O–H groups in total. The Morgan fingerprint density at radius 3 is 2.27 bits per heavy atom. The fourth-order valence-electron chi connectivity index (χ4n) is 2.47. The Kier molecular flexibility index (Phi) is 7.16. The number of urea groups is 1. The Balaban J connectivity index is 2.31. The third-order valence-corrected chi connectivity index (χ3v) is 4.20. The van der Waals surface area contributed by atoms with Gasteiger partial charge < -0.3 is 25.2 Å². The third-order valence-electron chi connectivity index (χ3n) is 3.95. The van der Waals surface area contributed by atoms with Crippen LogP contribution in [0.25, 0.3) is 0 Å². The molecule has 2 aromatic rings. The minimum absolute atomic E-state index is 0.00102. The number of amides is 2. The van der Waals surface area contributed by atoms with Gasteiger partial charge >= 0.3 is 18.2 Å². The van der Waals surface area contributed by atoms with Gasteiger partial charge in [-0.05, 0) is 43.3 Å². The van der Waals surface area contributed by atoms with Crippen LogP contribution in [0, 0.1) is 0 Å². The van der Waals surface area contributed by atoms with Crippen LogP contribution in [0.2, 0.25) is 5.02 Å². The standard InChI is InChI=1S/C19H18ClF3N2O5/c1-3-30-16(26)18(28,19(21,22)23)11-4-9-14(15(10-11)29-2)25-17(27)24-13-7-5-12(20)6-8-13/h4-10,28H,3H2,1-2H3,(H2,24,25,27)/t18-/m0/s1. The number of rotatable bonds is 6. The molecule has 0 heterocycles. The summed E-state index contributed by atoms with van der Waals surface area (Å²) < 4.78 is 49.9. The average Bonchev–Trinajstić information content (AvgIpc) is 2.68. The van der Waals surface area contributed by atoms with Crippen molar-refractivity contribution in [3.05, 3.63) is 53.1 Å². The summed E-state index contributed by atoms with van der Waals surface area (Å²) in [6.45, 7) is 0.945. The van der Waals surface area contributed by atoms with Crippen LogP contribution in [0.3, 0.4) is 0 Å². The molecule has 7 nitrogen and oxygen atoms in total. The van der Waals surface area contributed by atoms with E-state index in [1.165, 1.54) is 6.92 Å². The van der Waals surface area contributed by atoms with Crippen LogP contribution in [0.15, 0.2) is 42.5 Å². The molecular formula is C19H18ClF3N2O5. The van der Waals surface area contributed by atoms with Gasteiger partial charge in [0.25, 0.3) is 5.60 Å². The number of alkyl halides is 3. The van der Waals surface area contributed by atoms with E-state index in [1.807, 2.05) is 0 Å². The van der Waals surface area contributed by atoms with E-state index in [1.54, 1.807) is 24.3 Å². The molecule has 162 valence electrons. The molecule has 0 radical (unpaired) electrons. The molecule has 0 bridgehead atoms. The van der Waals surface area contributed by atoms with E-state index in [2.05, 4.69) is 15.4 Å². The Labute approximate surface area is 174 Å². The number of aliphatic hydroxyl groups is 1. The topological polar surface area (TPSA) is 96.9 Å². The minimum Gasteiger partial charge on any atom is -0.495 e. The van der Waals surface area contributed by atoms with Gasteiger partial charge in [0, 0.05) is 16.3 Å². The molecule has 0 aliphatic heterocycles. The van der Waals surface area contributed by atoms with E-state index in [4.69, 9.17) is 16.3 Å². The van der Waals surface area contributed by atoms with Gasteiger partial charge in [-0.1, -0.05) is 17.7 Å². The minimum atomic E-state index is -5.36. The van der Waals surface area contributed by atoms with E-state index < -0.39 is 29.3 Å². The molecule has 0 unspecified atom stereocenters. The highest BCUT2D eigenvalue weighted by atomic mass is 35.5. The first-order chi connectivity index (χ1) is 14.0. The lowest BCUT2D eigenvalue weighted by molar-refractivity contribution is -0.267. The van der Waals surface area contributed by atoms with Crippen LogP contribution in [0.1, 0.15) is 12.5 Å².